The van der Waals surface area contributed by atoms with E-state index in [1.165, 1.54) is 55.1 Å². The number of aryl methyl sites for hydroxylation is 3. The third kappa shape index (κ3) is 8.72. The van der Waals surface area contributed by atoms with Gasteiger partial charge in [-0.2, -0.15) is 19.1 Å². The molecular formula is C44H44N8O4S4. The normalized spacial score (nSPS) is 15.2. The molecule has 0 bridgehead atoms. The zero-order valence-corrected chi connectivity index (χ0v) is 37.0. The van der Waals surface area contributed by atoms with Gasteiger partial charge in [-0.1, -0.05) is 60.7 Å². The van der Waals surface area contributed by atoms with E-state index in [2.05, 4.69) is 72.5 Å². The molecule has 4 heterocycles. The van der Waals surface area contributed by atoms with Crippen molar-refractivity contribution in [2.24, 2.45) is 0 Å². The maximum Gasteiger partial charge on any atom is 0.244 e. The molecule has 308 valence electrons. The lowest BCUT2D eigenvalue weighted by Gasteiger charge is -2.33. The zero-order chi connectivity index (χ0) is 42.6. The molecule has 2 aliphatic rings. The van der Waals surface area contributed by atoms with Gasteiger partial charge in [-0.25, -0.2) is 26.8 Å². The van der Waals surface area contributed by atoms with Crippen LogP contribution < -0.4 is 9.80 Å². The van der Waals surface area contributed by atoms with Crippen LogP contribution in [-0.4, -0.2) is 87.8 Å². The number of anilines is 2. The second-order valence-corrected chi connectivity index (χ2v) is 20.0. The number of piperazine rings is 2. The van der Waals surface area contributed by atoms with Gasteiger partial charge < -0.3 is 9.80 Å². The molecule has 0 amide bonds. The Morgan fingerprint density at radius 2 is 0.950 bits per heavy atom. The minimum Gasteiger partial charge on any atom is -0.345 e. The number of sulfonamides is 2. The molecular weight excluding hydrogens is 833 g/mol. The molecule has 0 unspecified atom stereocenters. The highest BCUT2D eigenvalue weighted by Crippen LogP contribution is 2.34. The van der Waals surface area contributed by atoms with E-state index in [9.17, 15) is 27.4 Å². The van der Waals surface area contributed by atoms with Gasteiger partial charge in [0.2, 0.25) is 20.0 Å². The number of nitrogens with zero attached hydrogens (tertiary/aromatic N) is 8. The molecule has 8 rings (SSSR count). The van der Waals surface area contributed by atoms with Crippen LogP contribution in [0.5, 0.6) is 0 Å². The Hall–Kier alpha value is -5.46. The number of hydrogen-bond donors (Lipinski definition) is 0. The monoisotopic (exact) mass is 876 g/mol. The maximum absolute atomic E-state index is 13.0. The van der Waals surface area contributed by atoms with E-state index in [1.54, 1.807) is 46.9 Å². The minimum atomic E-state index is -3.69. The fourth-order valence-electron chi connectivity index (χ4n) is 7.39. The smallest absolute Gasteiger partial charge is 0.244 e. The highest BCUT2D eigenvalue weighted by atomic mass is 32.2. The predicted octanol–water partition coefficient (Wildman–Crippen LogP) is 7.62. The van der Waals surface area contributed by atoms with Crippen molar-refractivity contribution in [3.63, 3.8) is 0 Å². The molecule has 2 fully saturated rings. The van der Waals surface area contributed by atoms with Gasteiger partial charge in [0.1, 0.15) is 12.1 Å². The van der Waals surface area contributed by atoms with E-state index in [0.717, 1.165) is 32.8 Å². The predicted molar refractivity (Wildman–Crippen MR) is 238 cm³/mol. The lowest BCUT2D eigenvalue weighted by molar-refractivity contribution is 0.384. The molecule has 0 atom stereocenters. The number of benzene rings is 4. The summed E-state index contributed by atoms with van der Waals surface area (Å²) in [7, 11) is -7.38. The first-order chi connectivity index (χ1) is 28.8. The van der Waals surface area contributed by atoms with Crippen LogP contribution in [0.3, 0.4) is 0 Å². The molecule has 12 nitrogen and oxygen atoms in total. The van der Waals surface area contributed by atoms with Gasteiger partial charge in [0, 0.05) is 74.2 Å². The van der Waals surface area contributed by atoms with Crippen molar-refractivity contribution >= 4 is 53.0 Å². The van der Waals surface area contributed by atoms with Crippen LogP contribution in [0.25, 0.3) is 22.5 Å². The first-order valence-corrected chi connectivity index (χ1v) is 24.0. The van der Waals surface area contributed by atoms with Crippen molar-refractivity contribution in [1.29, 1.82) is 10.5 Å². The van der Waals surface area contributed by atoms with Crippen molar-refractivity contribution in [3.05, 3.63) is 129 Å². The van der Waals surface area contributed by atoms with E-state index >= 15 is 0 Å². The van der Waals surface area contributed by atoms with E-state index in [1.807, 2.05) is 24.3 Å². The number of nitriles is 2. The van der Waals surface area contributed by atoms with Crippen molar-refractivity contribution < 1.29 is 16.8 Å². The summed E-state index contributed by atoms with van der Waals surface area (Å²) in [4.78, 5) is 14.1. The topological polar surface area (TPSA) is 155 Å². The summed E-state index contributed by atoms with van der Waals surface area (Å²) in [6, 6.07) is 29.1. The Morgan fingerprint density at radius 3 is 1.43 bits per heavy atom. The van der Waals surface area contributed by atoms with E-state index in [-0.39, 0.29) is 20.9 Å². The molecule has 0 spiro atoms. The van der Waals surface area contributed by atoms with Gasteiger partial charge in [0.15, 0.2) is 10.3 Å². The van der Waals surface area contributed by atoms with Gasteiger partial charge in [-0.05, 0) is 74.2 Å². The summed E-state index contributed by atoms with van der Waals surface area (Å²) < 4.78 is 55.0. The van der Waals surface area contributed by atoms with E-state index < -0.39 is 20.0 Å². The average molecular weight is 877 g/mol. The summed E-state index contributed by atoms with van der Waals surface area (Å²) in [5.41, 5.74) is 9.41. The summed E-state index contributed by atoms with van der Waals surface area (Å²) in [5.74, 6) is 0. The molecule has 0 saturated carbocycles. The molecule has 4 aromatic carbocycles. The fraction of sp³-hybridized carbons (Fsp3) is 0.273. The molecule has 16 heteroatoms. The first-order valence-electron chi connectivity index (χ1n) is 19.4. The Kier molecular flexibility index (Phi) is 12.8. The fourth-order valence-corrected chi connectivity index (χ4v) is 12.3. The molecule has 2 saturated heterocycles. The quantitative estimate of drug-likeness (QED) is 0.149. The van der Waals surface area contributed by atoms with Crippen molar-refractivity contribution in [1.82, 2.24) is 18.6 Å². The molecule has 6 aromatic rings. The molecule has 60 heavy (non-hydrogen) atoms. The Bertz CT molecular complexity index is 2810. The molecule has 0 aliphatic carbocycles. The zero-order valence-electron chi connectivity index (χ0n) is 33.7. The van der Waals surface area contributed by atoms with Crippen molar-refractivity contribution in [2.75, 3.05) is 62.2 Å². The average Bonchev–Trinajstić information content (AvgIpc) is 3.96. The van der Waals surface area contributed by atoms with Gasteiger partial charge in [-0.15, -0.1) is 22.7 Å². The van der Waals surface area contributed by atoms with E-state index in [4.69, 9.17) is 9.97 Å². The highest BCUT2D eigenvalue weighted by Gasteiger charge is 2.32. The number of thiazole rings is 2. The number of rotatable bonds is 8. The lowest BCUT2D eigenvalue weighted by Crippen LogP contribution is -2.48. The second kappa shape index (κ2) is 18.0. The highest BCUT2D eigenvalue weighted by molar-refractivity contribution is 7.89. The SMILES string of the molecule is Cc1cccc(-c2csc(N3CCN(S(=O)(=O)c4ccccc4C#N)CC3)n2)c1C.Cc1cccc(C)c1-c1csc(N2CCN(S(=O)(=O)c3ccccc3C#N)CC2)n1. The van der Waals surface area contributed by atoms with Gasteiger partial charge in [0.25, 0.3) is 0 Å². The first kappa shape index (κ1) is 42.7. The second-order valence-electron chi connectivity index (χ2n) is 14.5. The molecule has 0 radical (unpaired) electrons. The van der Waals surface area contributed by atoms with Crippen LogP contribution in [-0.2, 0) is 20.0 Å². The van der Waals surface area contributed by atoms with Crippen molar-refractivity contribution in [3.8, 4) is 34.7 Å². The Balaban J connectivity index is 0.000000181. The molecule has 2 aromatic heterocycles. The lowest BCUT2D eigenvalue weighted by atomic mass is 10.0. The summed E-state index contributed by atoms with van der Waals surface area (Å²) in [5, 5.41) is 24.4. The molecule has 2 aliphatic heterocycles. The van der Waals surface area contributed by atoms with Gasteiger partial charge in [0.05, 0.1) is 32.3 Å². The van der Waals surface area contributed by atoms with Crippen LogP contribution >= 0.6 is 22.7 Å². The summed E-state index contributed by atoms with van der Waals surface area (Å²) in [6.07, 6.45) is 0. The van der Waals surface area contributed by atoms with Gasteiger partial charge >= 0.3 is 0 Å². The van der Waals surface area contributed by atoms with Crippen LogP contribution in [0.2, 0.25) is 0 Å². The Labute approximate surface area is 360 Å². The molecule has 0 N–H and O–H groups in total. The maximum atomic E-state index is 13.0. The van der Waals surface area contributed by atoms with Crippen LogP contribution in [0.4, 0.5) is 10.3 Å². The minimum absolute atomic E-state index is 0.0763. The van der Waals surface area contributed by atoms with Crippen molar-refractivity contribution in [2.45, 2.75) is 37.5 Å². The third-order valence-corrected chi connectivity index (χ3v) is 16.6. The van der Waals surface area contributed by atoms with E-state index in [0.29, 0.717) is 52.4 Å². The van der Waals surface area contributed by atoms with Gasteiger partial charge in [-0.3, -0.25) is 0 Å². The standard InChI is InChI=1S/2C22H22N4O2S2/c1-16-6-5-7-17(2)21(16)19-15-29-22(24-19)25-10-12-26(13-11-25)30(27,28)20-9-4-3-8-18(20)14-23;1-16-6-5-8-19(17(16)2)20-15-29-22(24-20)25-10-12-26(13-11-25)30(27,28)21-9-4-3-7-18(21)14-23/h2*3-9,15H,10-13H2,1-2H3. The summed E-state index contributed by atoms with van der Waals surface area (Å²) in [6.45, 7) is 12.1. The third-order valence-electron chi connectivity index (χ3n) is 10.9. The summed E-state index contributed by atoms with van der Waals surface area (Å²) >= 11 is 3.16. The van der Waals surface area contributed by atoms with Crippen LogP contribution in [0.15, 0.2) is 105 Å². The number of hydrogen-bond acceptors (Lipinski definition) is 12. The largest absolute Gasteiger partial charge is 0.345 e. The van der Waals surface area contributed by atoms with Crippen LogP contribution in [0.1, 0.15) is 33.4 Å². The Morgan fingerprint density at radius 1 is 0.533 bits per heavy atom. The van der Waals surface area contributed by atoms with Crippen LogP contribution in [0, 0.1) is 50.4 Å². The number of aromatic nitrogens is 2.